The second-order valence-corrected chi connectivity index (χ2v) is 7.30. The highest BCUT2D eigenvalue weighted by Crippen LogP contribution is 2.24. The van der Waals surface area contributed by atoms with Crippen molar-refractivity contribution in [2.24, 2.45) is 7.05 Å². The highest BCUT2D eigenvalue weighted by atomic mass is 32.1. The number of thiazole rings is 1. The number of ether oxygens (including phenoxy) is 1. The third-order valence-electron chi connectivity index (χ3n) is 4.45. The Bertz CT molecular complexity index is 930. The van der Waals surface area contributed by atoms with E-state index in [-0.39, 0.29) is 5.91 Å². The van der Waals surface area contributed by atoms with Crippen molar-refractivity contribution in [2.75, 3.05) is 31.6 Å². The fourth-order valence-corrected chi connectivity index (χ4v) is 3.78. The number of carbonyl (C=O) groups is 1. The monoisotopic (exact) mass is 383 g/mol. The number of para-hydroxylation sites is 1. The first kappa shape index (κ1) is 17.8. The molecule has 0 aliphatic carbocycles. The number of rotatable bonds is 5. The number of nitrogens with zero attached hydrogens (tertiary/aromatic N) is 4. The van der Waals surface area contributed by atoms with Crippen LogP contribution in [-0.4, -0.2) is 51.9 Å². The highest BCUT2D eigenvalue weighted by molar-refractivity contribution is 7.13. The molecule has 7 nitrogen and oxygen atoms in total. The molecule has 0 unspecified atom stereocenters. The van der Waals surface area contributed by atoms with E-state index in [9.17, 15) is 4.79 Å². The molecule has 1 saturated heterocycles. The van der Waals surface area contributed by atoms with Crippen LogP contribution in [0.15, 0.2) is 42.0 Å². The summed E-state index contributed by atoms with van der Waals surface area (Å²) in [5.41, 5.74) is 3.25. The van der Waals surface area contributed by atoms with Gasteiger partial charge in [-0.2, -0.15) is 5.10 Å². The van der Waals surface area contributed by atoms with Crippen LogP contribution in [0.1, 0.15) is 16.1 Å². The molecular weight excluding hydrogens is 362 g/mol. The minimum Gasteiger partial charge on any atom is -0.379 e. The van der Waals surface area contributed by atoms with Gasteiger partial charge in [0.15, 0.2) is 0 Å². The van der Waals surface area contributed by atoms with Gasteiger partial charge in [-0.1, -0.05) is 18.2 Å². The molecule has 1 aliphatic rings. The summed E-state index contributed by atoms with van der Waals surface area (Å²) in [6.07, 6.45) is 3.64. The minimum absolute atomic E-state index is 0.198. The van der Waals surface area contributed by atoms with Gasteiger partial charge < -0.3 is 10.1 Å². The highest BCUT2D eigenvalue weighted by Gasteiger charge is 2.16. The third kappa shape index (κ3) is 4.24. The zero-order chi connectivity index (χ0) is 18.6. The van der Waals surface area contributed by atoms with Crippen LogP contribution in [0.3, 0.4) is 0 Å². The number of aromatic nitrogens is 3. The number of carbonyl (C=O) groups excluding carboxylic acids is 1. The van der Waals surface area contributed by atoms with Crippen LogP contribution in [0.2, 0.25) is 0 Å². The first-order valence-corrected chi connectivity index (χ1v) is 9.71. The first-order valence-electron chi connectivity index (χ1n) is 8.83. The zero-order valence-corrected chi connectivity index (χ0v) is 15.9. The Kier molecular flexibility index (Phi) is 5.28. The van der Waals surface area contributed by atoms with Crippen LogP contribution in [0.25, 0.3) is 10.6 Å². The molecule has 1 N–H and O–H groups in total. The van der Waals surface area contributed by atoms with E-state index >= 15 is 0 Å². The number of anilines is 1. The molecule has 3 aromatic rings. The summed E-state index contributed by atoms with van der Waals surface area (Å²) in [4.78, 5) is 19.5. The van der Waals surface area contributed by atoms with Gasteiger partial charge in [-0.25, -0.2) is 4.98 Å². The lowest BCUT2D eigenvalue weighted by atomic mass is 10.1. The van der Waals surface area contributed by atoms with Crippen molar-refractivity contribution in [2.45, 2.75) is 6.54 Å². The molecule has 0 atom stereocenters. The lowest BCUT2D eigenvalue weighted by Crippen LogP contribution is -2.35. The first-order chi connectivity index (χ1) is 13.2. The maximum atomic E-state index is 12.7. The largest absolute Gasteiger partial charge is 0.379 e. The summed E-state index contributed by atoms with van der Waals surface area (Å²) in [6, 6.07) is 7.91. The van der Waals surface area contributed by atoms with E-state index in [0.717, 1.165) is 54.7 Å². The van der Waals surface area contributed by atoms with Crippen molar-refractivity contribution < 1.29 is 9.53 Å². The van der Waals surface area contributed by atoms with E-state index in [1.807, 2.05) is 37.5 Å². The topological polar surface area (TPSA) is 72.3 Å². The normalized spacial score (nSPS) is 15.0. The molecule has 1 aromatic carbocycles. The van der Waals surface area contributed by atoms with Crippen LogP contribution in [-0.2, 0) is 18.3 Å². The fourth-order valence-electron chi connectivity index (χ4n) is 3.01. The molecule has 140 valence electrons. The van der Waals surface area contributed by atoms with Gasteiger partial charge in [0.25, 0.3) is 5.91 Å². The second kappa shape index (κ2) is 7.99. The molecule has 0 radical (unpaired) electrons. The summed E-state index contributed by atoms with van der Waals surface area (Å²) in [5.74, 6) is -0.198. The van der Waals surface area contributed by atoms with Crippen LogP contribution in [0.5, 0.6) is 0 Å². The van der Waals surface area contributed by atoms with Crippen LogP contribution in [0, 0.1) is 0 Å². The Balaban J connectivity index is 1.47. The van der Waals surface area contributed by atoms with Crippen LogP contribution < -0.4 is 5.32 Å². The smallest absolute Gasteiger partial charge is 0.275 e. The molecule has 1 fully saturated rings. The molecule has 27 heavy (non-hydrogen) atoms. The number of benzene rings is 1. The average molecular weight is 383 g/mol. The lowest BCUT2D eigenvalue weighted by molar-refractivity contribution is 0.0342. The van der Waals surface area contributed by atoms with Gasteiger partial charge in [-0.05, 0) is 11.6 Å². The quantitative estimate of drug-likeness (QED) is 0.733. The average Bonchev–Trinajstić information content (AvgIpc) is 3.33. The maximum absolute atomic E-state index is 12.7. The zero-order valence-electron chi connectivity index (χ0n) is 15.1. The van der Waals surface area contributed by atoms with Gasteiger partial charge in [0, 0.05) is 49.5 Å². The van der Waals surface area contributed by atoms with E-state index < -0.39 is 0 Å². The second-order valence-electron chi connectivity index (χ2n) is 6.44. The van der Waals surface area contributed by atoms with Crippen molar-refractivity contribution in [1.29, 1.82) is 0 Å². The molecule has 2 aromatic heterocycles. The summed E-state index contributed by atoms with van der Waals surface area (Å²) in [6.45, 7) is 4.11. The van der Waals surface area contributed by atoms with Crippen molar-refractivity contribution in [3.63, 3.8) is 0 Å². The van der Waals surface area contributed by atoms with Gasteiger partial charge in [0.1, 0.15) is 10.7 Å². The molecule has 8 heteroatoms. The van der Waals surface area contributed by atoms with Crippen LogP contribution >= 0.6 is 11.3 Å². The predicted octanol–water partition coefficient (Wildman–Crippen LogP) is 2.63. The Labute approximate surface area is 161 Å². The number of nitrogens with one attached hydrogen (secondary N) is 1. The van der Waals surface area contributed by atoms with Crippen molar-refractivity contribution in [3.8, 4) is 10.6 Å². The summed E-state index contributed by atoms with van der Waals surface area (Å²) >= 11 is 1.44. The number of morpholine rings is 1. The number of hydrogen-bond donors (Lipinski definition) is 1. The molecule has 0 spiro atoms. The SMILES string of the molecule is Cn1cc(-c2nc(C(=O)Nc3ccccc3CN3CCOCC3)cs2)cn1. The Morgan fingerprint density at radius 2 is 2.11 bits per heavy atom. The molecule has 3 heterocycles. The van der Waals surface area contributed by atoms with Gasteiger partial charge in [-0.15, -0.1) is 11.3 Å². The van der Waals surface area contributed by atoms with Gasteiger partial charge >= 0.3 is 0 Å². The molecule has 1 aliphatic heterocycles. The number of aryl methyl sites for hydroxylation is 1. The Hall–Kier alpha value is -2.55. The maximum Gasteiger partial charge on any atom is 0.275 e. The summed E-state index contributed by atoms with van der Waals surface area (Å²) in [5, 5.41) is 9.73. The molecule has 0 bridgehead atoms. The van der Waals surface area contributed by atoms with E-state index in [1.165, 1.54) is 11.3 Å². The number of hydrogen-bond acceptors (Lipinski definition) is 6. The van der Waals surface area contributed by atoms with Gasteiger partial charge in [-0.3, -0.25) is 14.4 Å². The van der Waals surface area contributed by atoms with E-state index in [2.05, 4.69) is 20.3 Å². The van der Waals surface area contributed by atoms with E-state index in [4.69, 9.17) is 4.74 Å². The van der Waals surface area contributed by atoms with Gasteiger partial charge in [0.05, 0.1) is 19.4 Å². The molecule has 0 saturated carbocycles. The fraction of sp³-hybridized carbons (Fsp3) is 0.316. The summed E-state index contributed by atoms with van der Waals surface area (Å²) < 4.78 is 7.13. The van der Waals surface area contributed by atoms with Crippen molar-refractivity contribution in [1.82, 2.24) is 19.7 Å². The predicted molar refractivity (Wildman–Crippen MR) is 105 cm³/mol. The van der Waals surface area contributed by atoms with Gasteiger partial charge in [0.2, 0.25) is 0 Å². The molecule has 1 amide bonds. The lowest BCUT2D eigenvalue weighted by Gasteiger charge is -2.27. The van der Waals surface area contributed by atoms with Crippen molar-refractivity contribution in [3.05, 3.63) is 53.3 Å². The number of amides is 1. The minimum atomic E-state index is -0.198. The molecular formula is C19H21N5O2S. The standard InChI is InChI=1S/C19H21N5O2S/c1-23-11-15(10-20-23)19-22-17(13-27-19)18(25)21-16-5-3-2-4-14(16)12-24-6-8-26-9-7-24/h2-5,10-11,13H,6-9,12H2,1H3,(H,21,25). The van der Waals surface area contributed by atoms with Crippen molar-refractivity contribution >= 4 is 22.9 Å². The Morgan fingerprint density at radius 1 is 1.30 bits per heavy atom. The van der Waals surface area contributed by atoms with E-state index in [1.54, 1.807) is 16.3 Å². The van der Waals surface area contributed by atoms with Crippen LogP contribution in [0.4, 0.5) is 5.69 Å². The third-order valence-corrected chi connectivity index (χ3v) is 5.34. The molecule has 4 rings (SSSR count). The van der Waals surface area contributed by atoms with E-state index in [0.29, 0.717) is 5.69 Å². The summed E-state index contributed by atoms with van der Waals surface area (Å²) in [7, 11) is 1.86. The Morgan fingerprint density at radius 3 is 2.89 bits per heavy atom.